The molecule has 2 N–H and O–H groups in total. The minimum atomic E-state index is -1.08. The summed E-state index contributed by atoms with van der Waals surface area (Å²) in [6.45, 7) is 0. The zero-order chi connectivity index (χ0) is 11.3. The van der Waals surface area contributed by atoms with Gasteiger partial charge in [-0.2, -0.15) is 0 Å². The third-order valence-electron chi connectivity index (χ3n) is 2.44. The molecule has 0 saturated carbocycles. The maximum atomic E-state index is 10.7. The second kappa shape index (κ2) is 3.02. The van der Waals surface area contributed by atoms with Gasteiger partial charge in [-0.3, -0.25) is 0 Å². The number of fused-ring (bicyclic) bond motifs is 3. The molecule has 1 aromatic carbocycles. The maximum absolute atomic E-state index is 10.7. The van der Waals surface area contributed by atoms with Gasteiger partial charge in [-0.25, -0.2) is 4.79 Å². The Morgan fingerprint density at radius 3 is 2.88 bits per heavy atom. The van der Waals surface area contributed by atoms with Crippen molar-refractivity contribution in [2.24, 2.45) is 0 Å². The lowest BCUT2D eigenvalue weighted by atomic mass is 10.2. The van der Waals surface area contributed by atoms with Crippen LogP contribution in [0.2, 0.25) is 5.02 Å². The molecule has 3 rings (SSSR count). The first-order chi connectivity index (χ1) is 7.65. The number of hydrogen-bond donors (Lipinski definition) is 2. The van der Waals surface area contributed by atoms with E-state index >= 15 is 0 Å². The third kappa shape index (κ3) is 1.20. The van der Waals surface area contributed by atoms with E-state index in [-0.39, 0.29) is 5.76 Å². The van der Waals surface area contributed by atoms with Crippen molar-refractivity contribution in [3.05, 3.63) is 35.0 Å². The number of carboxylic acids is 1. The highest BCUT2D eigenvalue weighted by atomic mass is 35.5. The number of nitrogens with one attached hydrogen (secondary N) is 1. The van der Waals surface area contributed by atoms with Crippen LogP contribution in [0.15, 0.2) is 28.7 Å². The van der Waals surface area contributed by atoms with E-state index in [1.54, 1.807) is 12.1 Å². The van der Waals surface area contributed by atoms with Gasteiger partial charge in [-0.05, 0) is 18.2 Å². The molecule has 2 aromatic heterocycles. The average molecular weight is 236 g/mol. The Hall–Kier alpha value is -1.94. The molecule has 0 radical (unpaired) electrons. The van der Waals surface area contributed by atoms with Crippen molar-refractivity contribution in [2.75, 3.05) is 0 Å². The molecule has 2 heterocycles. The van der Waals surface area contributed by atoms with Crippen molar-refractivity contribution in [2.45, 2.75) is 0 Å². The van der Waals surface area contributed by atoms with E-state index in [9.17, 15) is 4.79 Å². The molecular formula is C11H6ClNO3. The fraction of sp³-hybridized carbons (Fsp3) is 0. The van der Waals surface area contributed by atoms with E-state index in [1.807, 2.05) is 6.07 Å². The Labute approximate surface area is 94.4 Å². The van der Waals surface area contributed by atoms with Crippen molar-refractivity contribution in [3.63, 3.8) is 0 Å². The molecule has 0 unspecified atom stereocenters. The molecule has 0 bridgehead atoms. The molecule has 0 amide bonds. The second-order valence-corrected chi connectivity index (χ2v) is 3.91. The highest BCUT2D eigenvalue weighted by Crippen LogP contribution is 2.30. The number of aromatic nitrogens is 1. The molecule has 0 aliphatic carbocycles. The van der Waals surface area contributed by atoms with Crippen LogP contribution in [-0.2, 0) is 0 Å². The number of furan rings is 1. The summed E-state index contributed by atoms with van der Waals surface area (Å²) in [4.78, 5) is 13.8. The molecule has 3 aromatic rings. The van der Waals surface area contributed by atoms with Crippen LogP contribution in [0.25, 0.3) is 22.0 Å². The molecule has 4 nitrogen and oxygen atoms in total. The average Bonchev–Trinajstić information content (AvgIpc) is 2.75. The van der Waals surface area contributed by atoms with Gasteiger partial charge in [0.15, 0.2) is 5.58 Å². The summed E-state index contributed by atoms with van der Waals surface area (Å²) in [5.41, 5.74) is 2.06. The van der Waals surface area contributed by atoms with Crippen LogP contribution in [0.3, 0.4) is 0 Å². The van der Waals surface area contributed by atoms with Crippen LogP contribution < -0.4 is 0 Å². The summed E-state index contributed by atoms with van der Waals surface area (Å²) >= 11 is 5.87. The number of benzene rings is 1. The summed E-state index contributed by atoms with van der Waals surface area (Å²) in [6, 6.07) is 6.79. The molecule has 0 atom stereocenters. The zero-order valence-corrected chi connectivity index (χ0v) is 8.71. The number of rotatable bonds is 1. The SMILES string of the molecule is O=C(O)c1cc2[nH]c3ccc(Cl)cc3c2o1. The standard InChI is InChI=1S/C11H6ClNO3/c12-5-1-2-7-6(3-5)10-8(13-7)4-9(16-10)11(14)15/h1-4,13H,(H,14,15). The Bertz CT molecular complexity index is 710. The molecule has 0 aliphatic heterocycles. The van der Waals surface area contributed by atoms with Gasteiger partial charge in [-0.1, -0.05) is 11.6 Å². The topological polar surface area (TPSA) is 66.2 Å². The van der Waals surface area contributed by atoms with Crippen LogP contribution in [0, 0.1) is 0 Å². The van der Waals surface area contributed by atoms with E-state index in [0.717, 1.165) is 10.9 Å². The summed E-state index contributed by atoms with van der Waals surface area (Å²) in [5, 5.41) is 10.2. The highest BCUT2D eigenvalue weighted by Gasteiger charge is 2.14. The number of aromatic amines is 1. The molecule has 5 heteroatoms. The Morgan fingerprint density at radius 2 is 2.12 bits per heavy atom. The van der Waals surface area contributed by atoms with Gasteiger partial charge in [0.25, 0.3) is 0 Å². The zero-order valence-electron chi connectivity index (χ0n) is 7.95. The molecule has 80 valence electrons. The molecule has 16 heavy (non-hydrogen) atoms. The van der Waals surface area contributed by atoms with Crippen LogP contribution >= 0.6 is 11.6 Å². The summed E-state index contributed by atoms with van der Waals surface area (Å²) < 4.78 is 5.25. The van der Waals surface area contributed by atoms with Crippen LogP contribution in [0.1, 0.15) is 10.6 Å². The largest absolute Gasteiger partial charge is 0.475 e. The first-order valence-corrected chi connectivity index (χ1v) is 4.97. The molecule has 0 spiro atoms. The normalized spacial score (nSPS) is 11.3. The van der Waals surface area contributed by atoms with Crippen molar-refractivity contribution in [1.29, 1.82) is 0 Å². The van der Waals surface area contributed by atoms with Crippen LogP contribution in [0.4, 0.5) is 0 Å². The number of halogens is 1. The first-order valence-electron chi connectivity index (χ1n) is 4.59. The summed E-state index contributed by atoms with van der Waals surface area (Å²) in [7, 11) is 0. The van der Waals surface area contributed by atoms with E-state index < -0.39 is 5.97 Å². The lowest BCUT2D eigenvalue weighted by Crippen LogP contribution is -1.91. The van der Waals surface area contributed by atoms with Gasteiger partial charge < -0.3 is 14.5 Å². The van der Waals surface area contributed by atoms with Gasteiger partial charge >= 0.3 is 5.97 Å². The third-order valence-corrected chi connectivity index (χ3v) is 2.67. The molecule has 0 fully saturated rings. The Kier molecular flexibility index (Phi) is 1.76. The second-order valence-electron chi connectivity index (χ2n) is 3.47. The molecular weight excluding hydrogens is 230 g/mol. The molecule has 0 saturated heterocycles. The van der Waals surface area contributed by atoms with Crippen LogP contribution in [-0.4, -0.2) is 16.1 Å². The highest BCUT2D eigenvalue weighted by molar-refractivity contribution is 6.31. The fourth-order valence-corrected chi connectivity index (χ4v) is 1.92. The van der Waals surface area contributed by atoms with Crippen molar-refractivity contribution in [3.8, 4) is 0 Å². The van der Waals surface area contributed by atoms with Crippen LogP contribution in [0.5, 0.6) is 0 Å². The summed E-state index contributed by atoms with van der Waals surface area (Å²) in [6.07, 6.45) is 0. The number of carboxylic acid groups (broad SMARTS) is 1. The number of H-pyrrole nitrogens is 1. The summed E-state index contributed by atoms with van der Waals surface area (Å²) in [5.74, 6) is -1.16. The first kappa shape index (κ1) is 9.30. The van der Waals surface area contributed by atoms with E-state index in [0.29, 0.717) is 16.1 Å². The van der Waals surface area contributed by atoms with E-state index in [2.05, 4.69) is 4.98 Å². The Morgan fingerprint density at radius 1 is 1.31 bits per heavy atom. The predicted molar refractivity (Wildman–Crippen MR) is 60.0 cm³/mol. The smallest absolute Gasteiger partial charge is 0.371 e. The number of hydrogen-bond acceptors (Lipinski definition) is 2. The number of carbonyl (C=O) groups is 1. The lowest BCUT2D eigenvalue weighted by molar-refractivity contribution is 0.0665. The minimum absolute atomic E-state index is 0.0804. The van der Waals surface area contributed by atoms with Gasteiger partial charge in [0.1, 0.15) is 0 Å². The predicted octanol–water partition coefficient (Wildman–Crippen LogP) is 3.27. The maximum Gasteiger partial charge on any atom is 0.371 e. The van der Waals surface area contributed by atoms with Gasteiger partial charge in [0.05, 0.1) is 5.52 Å². The quantitative estimate of drug-likeness (QED) is 0.680. The van der Waals surface area contributed by atoms with Crippen molar-refractivity contribution >= 4 is 39.6 Å². The van der Waals surface area contributed by atoms with Gasteiger partial charge in [-0.15, -0.1) is 0 Å². The monoisotopic (exact) mass is 235 g/mol. The van der Waals surface area contributed by atoms with Crippen molar-refractivity contribution < 1.29 is 14.3 Å². The van der Waals surface area contributed by atoms with E-state index in [4.69, 9.17) is 21.1 Å². The minimum Gasteiger partial charge on any atom is -0.475 e. The van der Waals surface area contributed by atoms with Gasteiger partial charge in [0, 0.05) is 22.0 Å². The molecule has 0 aliphatic rings. The van der Waals surface area contributed by atoms with Gasteiger partial charge in [0.2, 0.25) is 5.76 Å². The van der Waals surface area contributed by atoms with Crippen molar-refractivity contribution in [1.82, 2.24) is 4.98 Å². The Balaban J connectivity index is 2.40. The lowest BCUT2D eigenvalue weighted by Gasteiger charge is -1.91. The number of aromatic carboxylic acids is 1. The van der Waals surface area contributed by atoms with E-state index in [1.165, 1.54) is 6.07 Å². The fourth-order valence-electron chi connectivity index (χ4n) is 1.75.